The fraction of sp³-hybridized carbons (Fsp3) is 0. The predicted molar refractivity (Wildman–Crippen MR) is 50.8 cm³/mol. The molecule has 0 saturated heterocycles. The quantitative estimate of drug-likeness (QED) is 0.782. The Kier molecular flexibility index (Phi) is 2.11. The van der Waals surface area contributed by atoms with Crippen LogP contribution in [0.5, 0.6) is 0 Å². The molecule has 0 aliphatic heterocycles. The van der Waals surface area contributed by atoms with E-state index in [1.807, 2.05) is 0 Å². The Hall–Kier alpha value is -1.97. The Labute approximate surface area is 83.8 Å². The second-order valence-corrected chi connectivity index (χ2v) is 3.10. The lowest BCUT2D eigenvalue weighted by Gasteiger charge is -2.02. The summed E-state index contributed by atoms with van der Waals surface area (Å²) >= 11 is 0. The highest BCUT2D eigenvalue weighted by Crippen LogP contribution is 2.22. The molecular weight excluding hydrogens is 202 g/mol. The summed E-state index contributed by atoms with van der Waals surface area (Å²) < 4.78 is 25.8. The zero-order valence-electron chi connectivity index (χ0n) is 7.50. The topological polar surface area (TPSA) is 37.3 Å². The molecule has 0 saturated carbocycles. The first-order valence-electron chi connectivity index (χ1n) is 4.20. The number of hydrogen-bond acceptors (Lipinski definition) is 1. The Morgan fingerprint density at radius 3 is 2.47 bits per heavy atom. The molecule has 0 bridgehead atoms. The van der Waals surface area contributed by atoms with Gasteiger partial charge in [-0.2, -0.15) is 0 Å². The summed E-state index contributed by atoms with van der Waals surface area (Å²) in [7, 11) is 0. The van der Waals surface area contributed by atoms with Crippen molar-refractivity contribution in [3.63, 3.8) is 0 Å². The van der Waals surface area contributed by atoms with E-state index in [0.717, 1.165) is 12.1 Å². The molecule has 4 heteroatoms. The van der Waals surface area contributed by atoms with Crippen LogP contribution in [-0.2, 0) is 0 Å². The van der Waals surface area contributed by atoms with E-state index in [2.05, 4.69) is 0 Å². The molecule has 0 aromatic heterocycles. The highest BCUT2D eigenvalue weighted by atomic mass is 19.2. The molecule has 0 atom stereocenters. The third-order valence-electron chi connectivity index (χ3n) is 2.15. The lowest BCUT2D eigenvalue weighted by molar-refractivity contribution is 0.0699. The zero-order valence-corrected chi connectivity index (χ0v) is 7.50. The van der Waals surface area contributed by atoms with Gasteiger partial charge in [0.1, 0.15) is 0 Å². The zero-order chi connectivity index (χ0) is 11.0. The second-order valence-electron chi connectivity index (χ2n) is 3.10. The van der Waals surface area contributed by atoms with Crippen molar-refractivity contribution >= 4 is 16.7 Å². The van der Waals surface area contributed by atoms with E-state index in [9.17, 15) is 13.6 Å². The van der Waals surface area contributed by atoms with Crippen LogP contribution in [0.3, 0.4) is 0 Å². The van der Waals surface area contributed by atoms with Gasteiger partial charge < -0.3 is 5.11 Å². The molecule has 2 aromatic rings. The summed E-state index contributed by atoms with van der Waals surface area (Å²) in [6, 6.07) is 6.25. The number of fused-ring (bicyclic) bond motifs is 1. The number of rotatable bonds is 1. The van der Waals surface area contributed by atoms with Gasteiger partial charge in [-0.3, -0.25) is 0 Å². The van der Waals surface area contributed by atoms with Crippen LogP contribution in [-0.4, -0.2) is 11.1 Å². The fourth-order valence-corrected chi connectivity index (χ4v) is 1.46. The predicted octanol–water partition coefficient (Wildman–Crippen LogP) is 2.82. The molecule has 0 amide bonds. The van der Waals surface area contributed by atoms with Gasteiger partial charge in [-0.1, -0.05) is 12.1 Å². The van der Waals surface area contributed by atoms with Gasteiger partial charge in [0.05, 0.1) is 5.56 Å². The van der Waals surface area contributed by atoms with E-state index in [1.54, 1.807) is 0 Å². The van der Waals surface area contributed by atoms with Crippen molar-refractivity contribution < 1.29 is 18.7 Å². The molecule has 2 aromatic carbocycles. The van der Waals surface area contributed by atoms with Crippen molar-refractivity contribution in [2.75, 3.05) is 0 Å². The van der Waals surface area contributed by atoms with E-state index < -0.39 is 17.6 Å². The molecule has 0 unspecified atom stereocenters. The summed E-state index contributed by atoms with van der Waals surface area (Å²) in [6.45, 7) is 0. The largest absolute Gasteiger partial charge is 0.478 e. The number of carboxylic acid groups (broad SMARTS) is 1. The van der Waals surface area contributed by atoms with Crippen molar-refractivity contribution in [2.24, 2.45) is 0 Å². The van der Waals surface area contributed by atoms with Crippen LogP contribution in [0, 0.1) is 11.6 Å². The number of carboxylic acids is 1. The standard InChI is InChI=1S/C11H6F2O2/c12-9-4-6-2-1-3-7(11(14)15)8(6)5-10(9)13/h1-5H,(H,14,15). The van der Waals surface area contributed by atoms with Gasteiger partial charge in [-0.15, -0.1) is 0 Å². The molecule has 0 radical (unpaired) electrons. The lowest BCUT2D eigenvalue weighted by atomic mass is 10.0. The number of benzene rings is 2. The van der Waals surface area contributed by atoms with Crippen LogP contribution < -0.4 is 0 Å². The van der Waals surface area contributed by atoms with Gasteiger partial charge in [0, 0.05) is 0 Å². The number of hydrogen-bond donors (Lipinski definition) is 1. The Morgan fingerprint density at radius 2 is 1.80 bits per heavy atom. The van der Waals surface area contributed by atoms with Crippen molar-refractivity contribution in [3.05, 3.63) is 47.5 Å². The molecule has 76 valence electrons. The molecular formula is C11H6F2O2. The van der Waals surface area contributed by atoms with Gasteiger partial charge in [-0.25, -0.2) is 13.6 Å². The fourth-order valence-electron chi connectivity index (χ4n) is 1.46. The second kappa shape index (κ2) is 3.31. The maximum absolute atomic E-state index is 12.9. The van der Waals surface area contributed by atoms with Crippen LogP contribution in [0.15, 0.2) is 30.3 Å². The van der Waals surface area contributed by atoms with E-state index in [-0.39, 0.29) is 10.9 Å². The van der Waals surface area contributed by atoms with Gasteiger partial charge in [0.15, 0.2) is 11.6 Å². The highest BCUT2D eigenvalue weighted by Gasteiger charge is 2.11. The minimum absolute atomic E-state index is 0.0357. The molecule has 15 heavy (non-hydrogen) atoms. The Bertz CT molecular complexity index is 550. The van der Waals surface area contributed by atoms with Crippen molar-refractivity contribution in [1.29, 1.82) is 0 Å². The molecule has 0 spiro atoms. The first-order chi connectivity index (χ1) is 7.09. The van der Waals surface area contributed by atoms with Crippen LogP contribution in [0.1, 0.15) is 10.4 Å². The third kappa shape index (κ3) is 1.54. The maximum Gasteiger partial charge on any atom is 0.336 e. The number of aromatic carboxylic acids is 1. The minimum Gasteiger partial charge on any atom is -0.478 e. The molecule has 2 nitrogen and oxygen atoms in total. The van der Waals surface area contributed by atoms with E-state index in [0.29, 0.717) is 5.39 Å². The molecule has 0 aliphatic carbocycles. The number of halogens is 2. The first-order valence-corrected chi connectivity index (χ1v) is 4.20. The first kappa shape index (κ1) is 9.58. The molecule has 0 aliphatic rings. The lowest BCUT2D eigenvalue weighted by Crippen LogP contribution is -1.98. The smallest absolute Gasteiger partial charge is 0.336 e. The van der Waals surface area contributed by atoms with Crippen LogP contribution in [0.2, 0.25) is 0 Å². The van der Waals surface area contributed by atoms with Gasteiger partial charge >= 0.3 is 5.97 Å². The van der Waals surface area contributed by atoms with Crippen molar-refractivity contribution in [2.45, 2.75) is 0 Å². The summed E-state index contributed by atoms with van der Waals surface area (Å²) in [6.07, 6.45) is 0. The average Bonchev–Trinajstić information content (AvgIpc) is 2.18. The Balaban J connectivity index is 2.86. The summed E-state index contributed by atoms with van der Waals surface area (Å²) in [5.41, 5.74) is -0.0357. The SMILES string of the molecule is O=C(O)c1cccc2cc(F)c(F)cc12. The highest BCUT2D eigenvalue weighted by molar-refractivity contribution is 6.03. The average molecular weight is 208 g/mol. The monoisotopic (exact) mass is 208 g/mol. The van der Waals surface area contributed by atoms with Gasteiger partial charge in [0.25, 0.3) is 0 Å². The van der Waals surface area contributed by atoms with E-state index in [4.69, 9.17) is 5.11 Å². The third-order valence-corrected chi connectivity index (χ3v) is 2.15. The molecule has 1 N–H and O–H groups in total. The Morgan fingerprint density at radius 1 is 1.13 bits per heavy atom. The van der Waals surface area contributed by atoms with Crippen LogP contribution >= 0.6 is 0 Å². The molecule has 0 fully saturated rings. The minimum atomic E-state index is -1.16. The normalized spacial score (nSPS) is 10.5. The number of carbonyl (C=O) groups is 1. The summed E-state index contributed by atoms with van der Waals surface area (Å²) in [5.74, 6) is -3.19. The molecule has 2 rings (SSSR count). The summed E-state index contributed by atoms with van der Waals surface area (Å²) in [5, 5.41) is 9.39. The van der Waals surface area contributed by atoms with Crippen LogP contribution in [0.25, 0.3) is 10.8 Å². The summed E-state index contributed by atoms with van der Waals surface area (Å²) in [4.78, 5) is 10.8. The van der Waals surface area contributed by atoms with Crippen LogP contribution in [0.4, 0.5) is 8.78 Å². The molecule has 0 heterocycles. The van der Waals surface area contributed by atoms with Crippen molar-refractivity contribution in [1.82, 2.24) is 0 Å². The maximum atomic E-state index is 12.9. The van der Waals surface area contributed by atoms with E-state index in [1.165, 1.54) is 18.2 Å². The van der Waals surface area contributed by atoms with Gasteiger partial charge in [-0.05, 0) is 29.0 Å². The van der Waals surface area contributed by atoms with Gasteiger partial charge in [0.2, 0.25) is 0 Å². The van der Waals surface area contributed by atoms with E-state index >= 15 is 0 Å². The van der Waals surface area contributed by atoms with Crippen molar-refractivity contribution in [3.8, 4) is 0 Å².